The van der Waals surface area contributed by atoms with E-state index in [9.17, 15) is 36.4 Å². The molecule has 4 rings (SSSR count). The Morgan fingerprint density at radius 2 is 1.81 bits per heavy atom. The minimum atomic E-state index is -4.83. The van der Waals surface area contributed by atoms with Crippen molar-refractivity contribution < 1.29 is 45.9 Å². The van der Waals surface area contributed by atoms with Gasteiger partial charge in [0, 0.05) is 25.1 Å². The predicted molar refractivity (Wildman–Crippen MR) is 119 cm³/mol. The number of sulfonamides is 1. The van der Waals surface area contributed by atoms with Crippen molar-refractivity contribution in [2.45, 2.75) is 55.6 Å². The summed E-state index contributed by atoms with van der Waals surface area (Å²) in [6, 6.07) is 4.52. The van der Waals surface area contributed by atoms with Crippen molar-refractivity contribution in [2.75, 3.05) is 6.54 Å². The summed E-state index contributed by atoms with van der Waals surface area (Å²) in [6.07, 6.45) is -2.71. The first-order valence-electron chi connectivity index (χ1n) is 11.2. The molecule has 2 aliphatic heterocycles. The van der Waals surface area contributed by atoms with Gasteiger partial charge in [0.1, 0.15) is 22.4 Å². The van der Waals surface area contributed by atoms with Gasteiger partial charge in [-0.3, -0.25) is 14.8 Å². The lowest BCUT2D eigenvalue weighted by Crippen LogP contribution is -2.66. The van der Waals surface area contributed by atoms with Crippen molar-refractivity contribution in [3.63, 3.8) is 0 Å². The summed E-state index contributed by atoms with van der Waals surface area (Å²) in [7, 11) is -4.28. The fourth-order valence-electron chi connectivity index (χ4n) is 4.65. The molecule has 3 heterocycles. The molecule has 1 aromatic heterocycles. The van der Waals surface area contributed by atoms with Crippen LogP contribution in [0.2, 0.25) is 0 Å². The third kappa shape index (κ3) is 5.47. The Morgan fingerprint density at radius 1 is 1.14 bits per heavy atom. The maximum Gasteiger partial charge on any atom is 0.573 e. The van der Waals surface area contributed by atoms with E-state index in [2.05, 4.69) is 9.72 Å². The highest BCUT2D eigenvalue weighted by atomic mass is 32.2. The van der Waals surface area contributed by atoms with Crippen molar-refractivity contribution in [3.8, 4) is 17.4 Å². The number of piperazine rings is 1. The molecule has 2 fully saturated rings. The lowest BCUT2D eigenvalue weighted by atomic mass is 10.0. The van der Waals surface area contributed by atoms with E-state index < -0.39 is 46.2 Å². The molecule has 2 saturated heterocycles. The number of carbonyl (C=O) groups excluding carboxylic acids is 2. The largest absolute Gasteiger partial charge is 0.573 e. The van der Waals surface area contributed by atoms with Gasteiger partial charge in [-0.05, 0) is 43.2 Å². The number of aromatic nitrogens is 1. The number of carbonyl (C=O) groups is 2. The monoisotopic (exact) mass is 544 g/mol. The number of amides is 2. The molecule has 0 saturated carbocycles. The molecule has 37 heavy (non-hydrogen) atoms. The minimum Gasteiger partial charge on any atom is -0.439 e. The Labute approximate surface area is 209 Å². The zero-order chi connectivity index (χ0) is 27.0. The van der Waals surface area contributed by atoms with Crippen LogP contribution >= 0.6 is 0 Å². The predicted octanol–water partition coefficient (Wildman–Crippen LogP) is 2.42. The average molecular weight is 545 g/mol. The lowest BCUT2D eigenvalue weighted by molar-refractivity contribution is -0.274. The minimum absolute atomic E-state index is 0.0356. The molecular formula is C22H23F3N4O7S. The van der Waals surface area contributed by atoms with Crippen LogP contribution in [0, 0.1) is 0 Å². The normalized spacial score (nSPS) is 22.0. The standard InChI is InChI=1S/C22H23F3N4O7S/c1-2-19(30)29-13-3-9-17(29)20(21(31)27-32)28(12-13)37(33,34)16-8-10-18(26-11-16)35-14-4-6-15(7-5-14)36-22(23,24)25/h4-8,10-11,13,17,20,32H,2-3,9,12H2,1H3,(H,27,31)/t13-,17+,20-/m1/s1. The zero-order valence-electron chi connectivity index (χ0n) is 19.4. The molecule has 0 radical (unpaired) electrons. The van der Waals surface area contributed by atoms with E-state index in [-0.39, 0.29) is 35.4 Å². The molecule has 11 nitrogen and oxygen atoms in total. The summed E-state index contributed by atoms with van der Waals surface area (Å²) in [5.41, 5.74) is 1.51. The van der Waals surface area contributed by atoms with E-state index in [1.165, 1.54) is 34.6 Å². The highest BCUT2D eigenvalue weighted by Crippen LogP contribution is 2.38. The number of halogens is 3. The molecular weight excluding hydrogens is 521 g/mol. The maximum absolute atomic E-state index is 13.5. The summed E-state index contributed by atoms with van der Waals surface area (Å²) in [5.74, 6) is -1.50. The van der Waals surface area contributed by atoms with Crippen molar-refractivity contribution in [2.24, 2.45) is 0 Å². The topological polar surface area (TPSA) is 138 Å². The lowest BCUT2D eigenvalue weighted by Gasteiger charge is -2.44. The molecule has 2 N–H and O–H groups in total. The third-order valence-corrected chi connectivity index (χ3v) is 8.01. The number of ether oxygens (including phenoxy) is 2. The van der Waals surface area contributed by atoms with E-state index >= 15 is 0 Å². The smallest absolute Gasteiger partial charge is 0.439 e. The first-order valence-corrected chi connectivity index (χ1v) is 12.6. The van der Waals surface area contributed by atoms with Gasteiger partial charge in [-0.1, -0.05) is 6.92 Å². The van der Waals surface area contributed by atoms with Crippen LogP contribution in [-0.4, -0.2) is 70.7 Å². The van der Waals surface area contributed by atoms with Gasteiger partial charge in [0.15, 0.2) is 0 Å². The summed E-state index contributed by atoms with van der Waals surface area (Å²) in [5, 5.41) is 9.28. The molecule has 3 atom stereocenters. The average Bonchev–Trinajstić information content (AvgIpc) is 3.16. The highest BCUT2D eigenvalue weighted by Gasteiger charge is 2.54. The number of pyridine rings is 1. The van der Waals surface area contributed by atoms with Crippen LogP contribution in [0.3, 0.4) is 0 Å². The second-order valence-electron chi connectivity index (χ2n) is 8.40. The quantitative estimate of drug-likeness (QED) is 0.401. The number of hydrogen-bond acceptors (Lipinski definition) is 8. The Balaban J connectivity index is 1.53. The first kappa shape index (κ1) is 26.6. The van der Waals surface area contributed by atoms with Crippen LogP contribution in [-0.2, 0) is 19.6 Å². The number of nitrogens with one attached hydrogen (secondary N) is 1. The van der Waals surface area contributed by atoms with Gasteiger partial charge in [-0.15, -0.1) is 13.2 Å². The van der Waals surface area contributed by atoms with E-state index in [1.807, 2.05) is 0 Å². The third-order valence-electron chi connectivity index (χ3n) is 6.18. The number of benzene rings is 1. The molecule has 1 aromatic carbocycles. The summed E-state index contributed by atoms with van der Waals surface area (Å²) in [4.78, 5) is 30.3. The van der Waals surface area contributed by atoms with Crippen LogP contribution < -0.4 is 15.0 Å². The van der Waals surface area contributed by atoms with Crippen LogP contribution in [0.4, 0.5) is 13.2 Å². The molecule has 200 valence electrons. The summed E-state index contributed by atoms with van der Waals surface area (Å²) < 4.78 is 74.1. The van der Waals surface area contributed by atoms with Gasteiger partial charge < -0.3 is 14.4 Å². The van der Waals surface area contributed by atoms with Gasteiger partial charge in [0.2, 0.25) is 21.8 Å². The molecule has 2 aliphatic rings. The second kappa shape index (κ2) is 10.1. The number of fused-ring (bicyclic) bond motifs is 2. The van der Waals surface area contributed by atoms with Crippen LogP contribution in [0.15, 0.2) is 47.5 Å². The van der Waals surface area contributed by atoms with E-state index in [4.69, 9.17) is 4.74 Å². The first-order chi connectivity index (χ1) is 17.4. The van der Waals surface area contributed by atoms with Gasteiger partial charge in [0.05, 0.1) is 12.2 Å². The number of alkyl halides is 3. The molecule has 0 aliphatic carbocycles. The van der Waals surface area contributed by atoms with E-state index in [0.29, 0.717) is 12.8 Å². The fraction of sp³-hybridized carbons (Fsp3) is 0.409. The Morgan fingerprint density at radius 3 is 2.38 bits per heavy atom. The number of rotatable bonds is 7. The molecule has 15 heteroatoms. The van der Waals surface area contributed by atoms with Gasteiger partial charge >= 0.3 is 6.36 Å². The molecule has 2 bridgehead atoms. The van der Waals surface area contributed by atoms with Crippen LogP contribution in [0.5, 0.6) is 17.4 Å². The second-order valence-corrected chi connectivity index (χ2v) is 10.3. The molecule has 0 unspecified atom stereocenters. The Bertz CT molecular complexity index is 1260. The number of hydrogen-bond donors (Lipinski definition) is 2. The number of nitrogens with zero attached hydrogens (tertiary/aromatic N) is 3. The maximum atomic E-state index is 13.5. The molecule has 2 amide bonds. The van der Waals surface area contributed by atoms with Gasteiger partial charge in [-0.2, -0.15) is 4.31 Å². The Kier molecular flexibility index (Phi) is 7.30. The zero-order valence-corrected chi connectivity index (χ0v) is 20.2. The van der Waals surface area contributed by atoms with E-state index in [1.54, 1.807) is 6.92 Å². The SMILES string of the molecule is CCC(=O)N1[C@@H]2CC[C@H]1[C@H](C(=O)NO)N(S(=O)(=O)c1ccc(Oc3ccc(OC(F)(F)F)cc3)nc1)C2. The summed E-state index contributed by atoms with van der Waals surface area (Å²) in [6.45, 7) is 1.54. The van der Waals surface area contributed by atoms with Gasteiger partial charge in [-0.25, -0.2) is 18.9 Å². The van der Waals surface area contributed by atoms with Crippen LogP contribution in [0.1, 0.15) is 26.2 Å². The highest BCUT2D eigenvalue weighted by molar-refractivity contribution is 7.89. The van der Waals surface area contributed by atoms with Gasteiger partial charge in [0.25, 0.3) is 5.91 Å². The van der Waals surface area contributed by atoms with Crippen molar-refractivity contribution in [1.82, 2.24) is 19.7 Å². The van der Waals surface area contributed by atoms with Crippen molar-refractivity contribution in [1.29, 1.82) is 0 Å². The number of hydroxylamine groups is 1. The molecule has 2 aromatic rings. The molecule has 0 spiro atoms. The fourth-order valence-corrected chi connectivity index (χ4v) is 6.25. The van der Waals surface area contributed by atoms with Crippen molar-refractivity contribution >= 4 is 21.8 Å². The summed E-state index contributed by atoms with van der Waals surface area (Å²) >= 11 is 0. The van der Waals surface area contributed by atoms with Crippen LogP contribution in [0.25, 0.3) is 0 Å². The van der Waals surface area contributed by atoms with Crippen molar-refractivity contribution in [3.05, 3.63) is 42.6 Å². The van der Waals surface area contributed by atoms with E-state index in [0.717, 1.165) is 22.6 Å². The Hall–Kier alpha value is -3.43.